The molecule has 0 aliphatic rings. The number of hydrogen-bond donors (Lipinski definition) is 3. The number of aliphatic hydroxyl groups is 1. The van der Waals surface area contributed by atoms with Crippen LogP contribution in [-0.2, 0) is 0 Å². The third-order valence-electron chi connectivity index (χ3n) is 1.54. The lowest BCUT2D eigenvalue weighted by Crippen LogP contribution is -2.37. The van der Waals surface area contributed by atoms with E-state index in [1.807, 2.05) is 0 Å². The van der Waals surface area contributed by atoms with Crippen LogP contribution in [-0.4, -0.2) is 30.8 Å². The number of nitrogens with one attached hydrogen (secondary N) is 1. The number of hydrogen-bond acceptors (Lipinski definition) is 3. The molecule has 0 amide bonds. The molecule has 0 aliphatic carbocycles. The maximum atomic E-state index is 8.58. The van der Waals surface area contributed by atoms with Gasteiger partial charge in [-0.2, -0.15) is 0 Å². The first kappa shape index (κ1) is 10.9. The fourth-order valence-electron chi connectivity index (χ4n) is 0.743. The zero-order valence-electron chi connectivity index (χ0n) is 7.51. The molecule has 0 aromatic heterocycles. The van der Waals surface area contributed by atoms with Crippen molar-refractivity contribution in [2.45, 2.75) is 26.3 Å². The quantitative estimate of drug-likeness (QED) is 0.477. The number of aliphatic hydroxyl groups excluding tert-OH is 1. The molecular formula is C8H20N2O. The van der Waals surface area contributed by atoms with Gasteiger partial charge < -0.3 is 16.2 Å². The van der Waals surface area contributed by atoms with Crippen LogP contribution in [0.1, 0.15) is 20.3 Å². The first-order valence-electron chi connectivity index (χ1n) is 4.24. The highest BCUT2D eigenvalue weighted by atomic mass is 16.3. The van der Waals surface area contributed by atoms with Gasteiger partial charge in [0.2, 0.25) is 0 Å². The van der Waals surface area contributed by atoms with Gasteiger partial charge in [-0.15, -0.1) is 0 Å². The van der Waals surface area contributed by atoms with E-state index in [9.17, 15) is 0 Å². The Balaban J connectivity index is 3.01. The Labute approximate surface area is 69.0 Å². The van der Waals surface area contributed by atoms with Gasteiger partial charge >= 0.3 is 0 Å². The zero-order chi connectivity index (χ0) is 8.69. The first-order valence-corrected chi connectivity index (χ1v) is 4.24. The second-order valence-electron chi connectivity index (χ2n) is 3.33. The molecule has 0 radical (unpaired) electrons. The van der Waals surface area contributed by atoms with E-state index >= 15 is 0 Å². The van der Waals surface area contributed by atoms with Crippen molar-refractivity contribution in [3.63, 3.8) is 0 Å². The van der Waals surface area contributed by atoms with Crippen molar-refractivity contribution >= 4 is 0 Å². The molecule has 0 aliphatic heterocycles. The van der Waals surface area contributed by atoms with Crippen LogP contribution in [0.2, 0.25) is 0 Å². The van der Waals surface area contributed by atoms with Crippen LogP contribution in [0.25, 0.3) is 0 Å². The van der Waals surface area contributed by atoms with Crippen molar-refractivity contribution < 1.29 is 5.11 Å². The Morgan fingerprint density at radius 1 is 1.45 bits per heavy atom. The molecule has 0 rings (SSSR count). The SMILES string of the molecule is CC(C)CCNCC(N)CO. The Morgan fingerprint density at radius 3 is 2.55 bits per heavy atom. The summed E-state index contributed by atoms with van der Waals surface area (Å²) in [6.45, 7) is 6.14. The highest BCUT2D eigenvalue weighted by Crippen LogP contribution is 1.95. The Hall–Kier alpha value is -0.120. The lowest BCUT2D eigenvalue weighted by molar-refractivity contribution is 0.262. The molecule has 0 heterocycles. The monoisotopic (exact) mass is 160 g/mol. The molecule has 11 heavy (non-hydrogen) atoms. The van der Waals surface area contributed by atoms with Crippen molar-refractivity contribution in [2.75, 3.05) is 19.7 Å². The molecule has 3 heteroatoms. The van der Waals surface area contributed by atoms with Crippen molar-refractivity contribution in [1.29, 1.82) is 0 Å². The van der Waals surface area contributed by atoms with E-state index < -0.39 is 0 Å². The molecule has 0 saturated carbocycles. The van der Waals surface area contributed by atoms with Gasteiger partial charge in [0, 0.05) is 12.6 Å². The van der Waals surface area contributed by atoms with Gasteiger partial charge in [-0.1, -0.05) is 13.8 Å². The standard InChI is InChI=1S/C8H20N2O/c1-7(2)3-4-10-5-8(9)6-11/h7-8,10-11H,3-6,9H2,1-2H3. The largest absolute Gasteiger partial charge is 0.395 e. The van der Waals surface area contributed by atoms with E-state index in [1.165, 1.54) is 0 Å². The molecule has 0 fully saturated rings. The minimum atomic E-state index is -0.109. The first-order chi connectivity index (χ1) is 5.16. The van der Waals surface area contributed by atoms with Crippen molar-refractivity contribution in [2.24, 2.45) is 11.7 Å². The fourth-order valence-corrected chi connectivity index (χ4v) is 0.743. The van der Waals surface area contributed by atoms with Gasteiger partial charge in [0.05, 0.1) is 6.61 Å². The molecule has 0 aromatic rings. The van der Waals surface area contributed by atoms with Gasteiger partial charge in [-0.25, -0.2) is 0 Å². The second kappa shape index (κ2) is 6.58. The van der Waals surface area contributed by atoms with Crippen molar-refractivity contribution in [3.8, 4) is 0 Å². The maximum Gasteiger partial charge on any atom is 0.0594 e. The number of rotatable bonds is 6. The minimum absolute atomic E-state index is 0.0642. The molecule has 3 nitrogen and oxygen atoms in total. The lowest BCUT2D eigenvalue weighted by Gasteiger charge is -2.10. The average molecular weight is 160 g/mol. The van der Waals surface area contributed by atoms with Gasteiger partial charge in [-0.05, 0) is 18.9 Å². The molecule has 1 atom stereocenters. The van der Waals surface area contributed by atoms with Crippen LogP contribution in [0, 0.1) is 5.92 Å². The minimum Gasteiger partial charge on any atom is -0.395 e. The van der Waals surface area contributed by atoms with Crippen LogP contribution >= 0.6 is 0 Å². The topological polar surface area (TPSA) is 58.3 Å². The van der Waals surface area contributed by atoms with Crippen molar-refractivity contribution in [1.82, 2.24) is 5.32 Å². The fraction of sp³-hybridized carbons (Fsp3) is 1.00. The van der Waals surface area contributed by atoms with Gasteiger partial charge in [0.15, 0.2) is 0 Å². The van der Waals surface area contributed by atoms with Crippen LogP contribution in [0.15, 0.2) is 0 Å². The number of nitrogens with two attached hydrogens (primary N) is 1. The average Bonchev–Trinajstić information content (AvgIpc) is 1.97. The summed E-state index contributed by atoms with van der Waals surface area (Å²) in [5.74, 6) is 0.729. The molecule has 0 saturated heterocycles. The van der Waals surface area contributed by atoms with Crippen LogP contribution in [0.3, 0.4) is 0 Å². The molecule has 0 bridgehead atoms. The smallest absolute Gasteiger partial charge is 0.0594 e. The Bertz CT molecular complexity index is 86.2. The highest BCUT2D eigenvalue weighted by molar-refractivity contribution is 4.62. The molecule has 68 valence electrons. The van der Waals surface area contributed by atoms with E-state index in [-0.39, 0.29) is 12.6 Å². The van der Waals surface area contributed by atoms with Gasteiger partial charge in [-0.3, -0.25) is 0 Å². The van der Waals surface area contributed by atoms with Crippen LogP contribution in [0.5, 0.6) is 0 Å². The third kappa shape index (κ3) is 7.78. The summed E-state index contributed by atoms with van der Waals surface area (Å²) in [6, 6.07) is -0.109. The zero-order valence-corrected chi connectivity index (χ0v) is 7.51. The summed E-state index contributed by atoms with van der Waals surface area (Å²) in [4.78, 5) is 0. The Morgan fingerprint density at radius 2 is 2.09 bits per heavy atom. The molecule has 1 unspecified atom stereocenters. The van der Waals surface area contributed by atoms with Crippen LogP contribution in [0.4, 0.5) is 0 Å². The van der Waals surface area contributed by atoms with E-state index in [1.54, 1.807) is 0 Å². The molecule has 0 spiro atoms. The summed E-state index contributed by atoms with van der Waals surface area (Å²) >= 11 is 0. The second-order valence-corrected chi connectivity index (χ2v) is 3.33. The van der Waals surface area contributed by atoms with Crippen molar-refractivity contribution in [3.05, 3.63) is 0 Å². The van der Waals surface area contributed by atoms with Crippen LogP contribution < -0.4 is 11.1 Å². The predicted molar refractivity (Wildman–Crippen MR) is 47.4 cm³/mol. The van der Waals surface area contributed by atoms with E-state index in [2.05, 4.69) is 19.2 Å². The normalized spacial score (nSPS) is 13.9. The van der Waals surface area contributed by atoms with E-state index in [4.69, 9.17) is 10.8 Å². The van der Waals surface area contributed by atoms with Gasteiger partial charge in [0.1, 0.15) is 0 Å². The third-order valence-corrected chi connectivity index (χ3v) is 1.54. The summed E-state index contributed by atoms with van der Waals surface area (Å²) in [6.07, 6.45) is 1.16. The summed E-state index contributed by atoms with van der Waals surface area (Å²) in [5.41, 5.74) is 5.48. The van der Waals surface area contributed by atoms with E-state index in [0.717, 1.165) is 18.9 Å². The highest BCUT2D eigenvalue weighted by Gasteiger charge is 1.98. The van der Waals surface area contributed by atoms with E-state index in [0.29, 0.717) is 6.54 Å². The maximum absolute atomic E-state index is 8.58. The molecule has 0 aromatic carbocycles. The molecule has 4 N–H and O–H groups in total. The lowest BCUT2D eigenvalue weighted by atomic mass is 10.1. The summed E-state index contributed by atoms with van der Waals surface area (Å²) in [7, 11) is 0. The Kier molecular flexibility index (Phi) is 6.51. The summed E-state index contributed by atoms with van der Waals surface area (Å²) in [5, 5.41) is 11.8. The molecular weight excluding hydrogens is 140 g/mol. The predicted octanol–water partition coefficient (Wildman–Crippen LogP) is -0.0583. The summed E-state index contributed by atoms with van der Waals surface area (Å²) < 4.78 is 0. The van der Waals surface area contributed by atoms with Gasteiger partial charge in [0.25, 0.3) is 0 Å².